The second-order valence-electron chi connectivity index (χ2n) is 37.9. The summed E-state index contributed by atoms with van der Waals surface area (Å²) in [6.07, 6.45) is 31.3. The standard InChI is InChI=1S/C25H27NO6.2C21H21NO3.2C16H15NO3/c1-4-32-25(29)13-9-17(30-2)18(31-3)10-16(13)26-23(27)21-14-8-15(22(21)24(26)28)20-12-6-5-11(7-12)19(14)20;1-25-13-6-4-12(5-7-13)22-20(23)18-14-9-15(19(18)21(22)24)17-11-3-2-10(8-11)16(14)17;1-25-15-5-3-2-4-14(15)22-20(23)18-12-9-13(19(18)21(22)24)17-11-7-6-10(8-11)16(12)17;1-20-12-6-4-11(5-7-12)17-15(18)13-9-2-3-10(8-9)14(13)16(17)19;1-20-12-5-3-2-4-11(12)17-15(18)13-9-6-7-10(8-9)14(13)16(17)19/h5-6,9-12,14-15,19-22H,4,7-8H2,1-3H3;2-7,10-11,14-19H,8-9H2,1H3;2-7,10-13,16-19H,8-9H2,1H3;2*2-7,9-10,13-14H,8H2,1H3. The first kappa shape index (κ1) is 76.9. The summed E-state index contributed by atoms with van der Waals surface area (Å²) in [5.74, 6) is 11.1. The SMILES string of the molecule is CCOC(=O)c1cc(OC)c(OC)cc1N1C(=O)C2C3CC(C2C1=O)C1C2C=CC(C2)C31.COc1ccc(N2C(=O)C3C4C=CC(C4)C3C2=O)cc1.COc1ccc(N2C(=O)C3C4CC(C3C2=O)C2C3C=CC(C3)C42)cc1.COc1ccccc1N1C(=O)C2C3C=CC(C3)C2C1=O.COc1ccccc1N1C(=O)C2C3CC(C2C1=O)C1C2C=CC(C2)C31. The highest BCUT2D eigenvalue weighted by molar-refractivity contribution is 6.27. The molecule has 32 unspecified atom stereocenters. The fourth-order valence-electron chi connectivity index (χ4n) is 29.9. The summed E-state index contributed by atoms with van der Waals surface area (Å²) in [5, 5.41) is 0. The number of ether oxygens (including phenoxy) is 7. The van der Waals surface area contributed by atoms with Crippen LogP contribution in [-0.4, -0.2) is 114 Å². The highest BCUT2D eigenvalue weighted by Crippen LogP contribution is 2.74. The molecule has 16 aliphatic carbocycles. The van der Waals surface area contributed by atoms with Crippen LogP contribution in [0, 0.1) is 189 Å². The number of hydrogen-bond donors (Lipinski definition) is 0. The lowest BCUT2D eigenvalue weighted by Crippen LogP contribution is -2.38. The van der Waals surface area contributed by atoms with E-state index in [0.717, 1.165) is 43.6 Å². The Morgan fingerprint density at radius 3 is 0.828 bits per heavy atom. The lowest BCUT2D eigenvalue weighted by atomic mass is 9.65. The van der Waals surface area contributed by atoms with Gasteiger partial charge in [-0.2, -0.15) is 0 Å². The summed E-state index contributed by atoms with van der Waals surface area (Å²) in [6.45, 7) is 1.90. The lowest BCUT2D eigenvalue weighted by Gasteiger charge is -2.36. The molecular formula is C99H99N5O18. The molecule has 16 fully saturated rings. The van der Waals surface area contributed by atoms with E-state index in [9.17, 15) is 52.7 Å². The molecule has 32 atom stereocenters. The quantitative estimate of drug-likeness (QED) is 0.0459. The van der Waals surface area contributed by atoms with Gasteiger partial charge in [0.2, 0.25) is 59.1 Å². The molecule has 23 nitrogen and oxygen atoms in total. The van der Waals surface area contributed by atoms with Crippen molar-refractivity contribution in [2.45, 2.75) is 58.3 Å². The van der Waals surface area contributed by atoms with Gasteiger partial charge in [-0.15, -0.1) is 0 Å². The number of nitrogens with zero attached hydrogens (tertiary/aromatic N) is 5. The first-order valence-corrected chi connectivity index (χ1v) is 44.1. The lowest BCUT2D eigenvalue weighted by molar-refractivity contribution is -0.125. The predicted octanol–water partition coefficient (Wildman–Crippen LogP) is 12.9. The Bertz CT molecular complexity index is 5310. The molecule has 23 heteroatoms. The van der Waals surface area contributed by atoms with Crippen molar-refractivity contribution in [3.05, 3.63) is 176 Å². The third-order valence-electron chi connectivity index (χ3n) is 33.8. The van der Waals surface area contributed by atoms with Gasteiger partial charge in [0.1, 0.15) is 23.0 Å². The Balaban J connectivity index is 0.0000000921. The van der Waals surface area contributed by atoms with E-state index in [1.165, 1.54) is 64.0 Å². The number of allylic oxidation sites excluding steroid dienone is 10. The molecule has 0 N–H and O–H groups in total. The minimum atomic E-state index is -0.594. The summed E-state index contributed by atoms with van der Waals surface area (Å²) in [6, 6.07) is 32.0. The molecule has 10 amide bonds. The normalized spacial score (nSPS) is 39.6. The van der Waals surface area contributed by atoms with Gasteiger partial charge in [0.15, 0.2) is 11.5 Å². The Labute approximate surface area is 707 Å². The maximum atomic E-state index is 13.7. The topological polar surface area (TPSA) is 269 Å². The van der Waals surface area contributed by atoms with Crippen LogP contribution in [0.2, 0.25) is 0 Å². The van der Waals surface area contributed by atoms with Crippen LogP contribution >= 0.6 is 0 Å². The summed E-state index contributed by atoms with van der Waals surface area (Å²) in [7, 11) is 9.30. The number of carbonyl (C=O) groups is 11. The van der Waals surface area contributed by atoms with Gasteiger partial charge in [-0.05, 0) is 261 Å². The van der Waals surface area contributed by atoms with Gasteiger partial charge in [0.25, 0.3) is 0 Å². The maximum absolute atomic E-state index is 13.7. The molecule has 5 saturated heterocycles. The highest BCUT2D eigenvalue weighted by atomic mass is 16.5. The second-order valence-corrected chi connectivity index (χ2v) is 37.9. The number of hydrogen-bond acceptors (Lipinski definition) is 18. The molecule has 0 radical (unpaired) electrons. The van der Waals surface area contributed by atoms with Crippen LogP contribution < -0.4 is 52.9 Å². The molecule has 11 saturated carbocycles. The van der Waals surface area contributed by atoms with Crippen LogP contribution in [0.4, 0.5) is 28.4 Å². The van der Waals surface area contributed by atoms with E-state index >= 15 is 0 Å². The molecule has 0 spiro atoms. The Hall–Kier alpha value is -11.2. The summed E-state index contributed by atoms with van der Waals surface area (Å²) in [4.78, 5) is 151. The highest BCUT2D eigenvalue weighted by Gasteiger charge is 2.75. The number of benzene rings is 5. The summed E-state index contributed by atoms with van der Waals surface area (Å²) < 4.78 is 37.0. The largest absolute Gasteiger partial charge is 0.497 e. The third kappa shape index (κ3) is 10.8. The minimum absolute atomic E-state index is 0.0113. The van der Waals surface area contributed by atoms with Crippen molar-refractivity contribution in [1.29, 1.82) is 0 Å². The summed E-state index contributed by atoms with van der Waals surface area (Å²) in [5.41, 5.74) is 2.89. The van der Waals surface area contributed by atoms with Gasteiger partial charge in [-0.3, -0.25) is 57.7 Å². The minimum Gasteiger partial charge on any atom is -0.497 e. The van der Waals surface area contributed by atoms with Crippen LogP contribution in [0.25, 0.3) is 0 Å². The van der Waals surface area contributed by atoms with E-state index in [0.29, 0.717) is 140 Å². The van der Waals surface area contributed by atoms with Crippen molar-refractivity contribution in [2.75, 3.05) is 73.8 Å². The van der Waals surface area contributed by atoms with E-state index in [1.54, 1.807) is 77.8 Å². The van der Waals surface area contributed by atoms with Crippen molar-refractivity contribution in [2.24, 2.45) is 189 Å². The molecular weight excluding hydrogens is 1550 g/mol. The number of esters is 1. The molecule has 5 aromatic rings. The molecule has 5 heterocycles. The Morgan fingerprint density at radius 1 is 0.279 bits per heavy atom. The average molecular weight is 1650 g/mol. The number of methoxy groups -OCH3 is 6. The van der Waals surface area contributed by atoms with Crippen LogP contribution in [-0.2, 0) is 52.7 Å². The fraction of sp³-hybridized carbons (Fsp3) is 0.485. The zero-order chi connectivity index (χ0) is 83.8. The van der Waals surface area contributed by atoms with E-state index in [1.807, 2.05) is 60.7 Å². The fourth-order valence-corrected chi connectivity index (χ4v) is 29.9. The smallest absolute Gasteiger partial charge is 0.340 e. The van der Waals surface area contributed by atoms with Crippen molar-refractivity contribution in [1.82, 2.24) is 0 Å². The molecule has 0 aromatic heterocycles. The van der Waals surface area contributed by atoms with Crippen LogP contribution in [0.3, 0.4) is 0 Å². The van der Waals surface area contributed by atoms with Crippen molar-refractivity contribution in [3.63, 3.8) is 0 Å². The number of imide groups is 5. The maximum Gasteiger partial charge on any atom is 0.340 e. The second kappa shape index (κ2) is 28.7. The van der Waals surface area contributed by atoms with Crippen LogP contribution in [0.5, 0.6) is 34.5 Å². The first-order valence-electron chi connectivity index (χ1n) is 44.1. The summed E-state index contributed by atoms with van der Waals surface area (Å²) >= 11 is 0. The van der Waals surface area contributed by atoms with Crippen molar-refractivity contribution in [3.8, 4) is 34.5 Å². The molecule has 26 rings (SSSR count). The zero-order valence-electron chi connectivity index (χ0n) is 69.1. The van der Waals surface area contributed by atoms with Gasteiger partial charge in [-0.1, -0.05) is 85.0 Å². The number of amides is 10. The Morgan fingerprint density at radius 2 is 0.533 bits per heavy atom. The van der Waals surface area contributed by atoms with Crippen LogP contribution in [0.1, 0.15) is 68.6 Å². The number of carbonyl (C=O) groups excluding carboxylic acids is 11. The van der Waals surface area contributed by atoms with E-state index in [4.69, 9.17) is 33.2 Å². The number of fused-ring (bicyclic) bond motifs is 46. The van der Waals surface area contributed by atoms with Crippen LogP contribution in [0.15, 0.2) is 170 Å². The monoisotopic (exact) mass is 1650 g/mol. The average Bonchev–Trinajstić information content (AvgIpc) is 1.52. The van der Waals surface area contributed by atoms with Crippen molar-refractivity contribution < 1.29 is 85.9 Å². The molecule has 122 heavy (non-hydrogen) atoms. The van der Waals surface area contributed by atoms with Gasteiger partial charge in [-0.25, -0.2) is 19.5 Å². The van der Waals surface area contributed by atoms with E-state index < -0.39 is 5.97 Å². The number of anilines is 5. The Kier molecular flexibility index (Phi) is 18.1. The number of para-hydroxylation sites is 4. The zero-order valence-corrected chi connectivity index (χ0v) is 69.1. The van der Waals surface area contributed by atoms with Crippen molar-refractivity contribution >= 4 is 93.5 Å². The van der Waals surface area contributed by atoms with Gasteiger partial charge in [0.05, 0.1) is 142 Å². The third-order valence-corrected chi connectivity index (χ3v) is 33.8. The van der Waals surface area contributed by atoms with Gasteiger partial charge in [0, 0.05) is 12.1 Å². The molecule has 5 aliphatic heterocycles. The first-order chi connectivity index (χ1) is 59.3. The predicted molar refractivity (Wildman–Crippen MR) is 444 cm³/mol. The van der Waals surface area contributed by atoms with E-state index in [2.05, 4.69) is 60.8 Å². The molecule has 16 bridgehead atoms. The molecule has 628 valence electrons. The van der Waals surface area contributed by atoms with E-state index in [-0.39, 0.29) is 172 Å². The van der Waals surface area contributed by atoms with Gasteiger partial charge >= 0.3 is 5.97 Å². The number of rotatable bonds is 13. The van der Waals surface area contributed by atoms with Gasteiger partial charge < -0.3 is 33.2 Å². The molecule has 5 aromatic carbocycles. The molecule has 21 aliphatic rings.